The molecule has 1 aliphatic heterocycles. The molecule has 0 aliphatic carbocycles. The quantitative estimate of drug-likeness (QED) is 0.873. The number of benzene rings is 1. The van der Waals surface area contributed by atoms with E-state index in [2.05, 4.69) is 15.6 Å². The molecule has 0 saturated carbocycles. The van der Waals surface area contributed by atoms with E-state index < -0.39 is 0 Å². The van der Waals surface area contributed by atoms with Gasteiger partial charge in [0.05, 0.1) is 12.6 Å². The Bertz CT molecular complexity index is 626. The van der Waals surface area contributed by atoms with Crippen molar-refractivity contribution in [3.63, 3.8) is 0 Å². The molecule has 5 heteroatoms. The predicted octanol–water partition coefficient (Wildman–Crippen LogP) is 3.13. The molecule has 19 heavy (non-hydrogen) atoms. The van der Waals surface area contributed by atoms with Gasteiger partial charge < -0.3 is 19.0 Å². The number of para-hydroxylation sites is 1. The van der Waals surface area contributed by atoms with Crippen molar-refractivity contribution in [1.82, 2.24) is 9.55 Å². The summed E-state index contributed by atoms with van der Waals surface area (Å²) in [5.41, 5.74) is 2.10. The van der Waals surface area contributed by atoms with E-state index in [1.807, 2.05) is 12.1 Å². The average Bonchev–Trinajstić information content (AvgIpc) is 3.03. The van der Waals surface area contributed by atoms with Crippen LogP contribution in [0.3, 0.4) is 0 Å². The summed E-state index contributed by atoms with van der Waals surface area (Å²) in [6, 6.07) is 6.02. The lowest BCUT2D eigenvalue weighted by molar-refractivity contribution is 0.183. The van der Waals surface area contributed by atoms with Gasteiger partial charge in [-0.3, -0.25) is 0 Å². The summed E-state index contributed by atoms with van der Waals surface area (Å²) in [6.07, 6.45) is 2.28. The van der Waals surface area contributed by atoms with E-state index in [9.17, 15) is 0 Å². The lowest BCUT2D eigenvalue weighted by Crippen LogP contribution is -2.06. The van der Waals surface area contributed by atoms with Crippen LogP contribution in [0, 0.1) is 10.7 Å². The average molecular weight is 278 g/mol. The van der Waals surface area contributed by atoms with Gasteiger partial charge in [-0.25, -0.2) is 0 Å². The molecule has 0 spiro atoms. The van der Waals surface area contributed by atoms with Crippen molar-refractivity contribution in [3.8, 4) is 5.75 Å². The minimum absolute atomic E-state index is 0.664. The van der Waals surface area contributed by atoms with Crippen LogP contribution in [0.4, 0.5) is 0 Å². The summed E-state index contributed by atoms with van der Waals surface area (Å²) in [7, 11) is 1.68. The molecule has 3 rings (SSSR count). The highest BCUT2D eigenvalue weighted by Crippen LogP contribution is 2.26. The fourth-order valence-electron chi connectivity index (χ4n) is 2.67. The Hall–Kier alpha value is -1.33. The molecule has 2 heterocycles. The van der Waals surface area contributed by atoms with Crippen molar-refractivity contribution in [2.45, 2.75) is 19.4 Å². The van der Waals surface area contributed by atoms with Gasteiger partial charge in [0.2, 0.25) is 0 Å². The largest absolute Gasteiger partial charge is 0.494 e. The number of aryl methyl sites for hydroxylation is 1. The van der Waals surface area contributed by atoms with Crippen LogP contribution in [0.25, 0.3) is 11.0 Å². The molecule has 102 valence electrons. The normalized spacial score (nSPS) is 19.1. The zero-order valence-electron chi connectivity index (χ0n) is 11.0. The van der Waals surface area contributed by atoms with E-state index in [4.69, 9.17) is 21.7 Å². The van der Waals surface area contributed by atoms with Gasteiger partial charge in [-0.1, -0.05) is 6.07 Å². The van der Waals surface area contributed by atoms with Crippen LogP contribution in [-0.2, 0) is 11.3 Å². The Morgan fingerprint density at radius 1 is 1.53 bits per heavy atom. The van der Waals surface area contributed by atoms with Gasteiger partial charge >= 0.3 is 0 Å². The number of aromatic amines is 1. The maximum atomic E-state index is 5.42. The first kappa shape index (κ1) is 12.7. The van der Waals surface area contributed by atoms with Crippen LogP contribution < -0.4 is 4.74 Å². The van der Waals surface area contributed by atoms with Gasteiger partial charge in [0.25, 0.3) is 0 Å². The third-order valence-electron chi connectivity index (χ3n) is 3.78. The molecule has 0 radical (unpaired) electrons. The first-order chi connectivity index (χ1) is 9.29. The Labute approximate surface area is 117 Å². The van der Waals surface area contributed by atoms with Gasteiger partial charge in [0.1, 0.15) is 11.3 Å². The van der Waals surface area contributed by atoms with E-state index >= 15 is 0 Å². The maximum absolute atomic E-state index is 5.42. The van der Waals surface area contributed by atoms with Crippen molar-refractivity contribution < 1.29 is 9.47 Å². The summed E-state index contributed by atoms with van der Waals surface area (Å²) >= 11 is 5.42. The number of methoxy groups -OCH3 is 1. The predicted molar refractivity (Wildman–Crippen MR) is 77.2 cm³/mol. The van der Waals surface area contributed by atoms with E-state index in [0.717, 1.165) is 47.7 Å². The number of nitrogens with one attached hydrogen (secondary N) is 1. The van der Waals surface area contributed by atoms with Gasteiger partial charge in [-0.15, -0.1) is 0 Å². The number of H-pyrrole nitrogens is 1. The van der Waals surface area contributed by atoms with Crippen molar-refractivity contribution in [3.05, 3.63) is 23.0 Å². The number of ether oxygens (including phenoxy) is 2. The number of nitrogens with zero attached hydrogens (tertiary/aromatic N) is 1. The van der Waals surface area contributed by atoms with Gasteiger partial charge in [-0.2, -0.15) is 0 Å². The molecule has 1 aromatic heterocycles. The minimum Gasteiger partial charge on any atom is -0.494 e. The van der Waals surface area contributed by atoms with Crippen LogP contribution in [0.15, 0.2) is 18.2 Å². The summed E-state index contributed by atoms with van der Waals surface area (Å²) in [4.78, 5) is 3.24. The molecule has 2 aromatic rings. The second-order valence-electron chi connectivity index (χ2n) is 4.95. The van der Waals surface area contributed by atoms with E-state index in [0.29, 0.717) is 5.92 Å². The van der Waals surface area contributed by atoms with Gasteiger partial charge in [0.15, 0.2) is 4.77 Å². The van der Waals surface area contributed by atoms with Gasteiger partial charge in [0, 0.05) is 19.8 Å². The highest BCUT2D eigenvalue weighted by Gasteiger charge is 2.16. The lowest BCUT2D eigenvalue weighted by Gasteiger charge is -2.09. The summed E-state index contributed by atoms with van der Waals surface area (Å²) in [5.74, 6) is 1.50. The van der Waals surface area contributed by atoms with Crippen LogP contribution in [-0.4, -0.2) is 29.9 Å². The smallest absolute Gasteiger partial charge is 0.178 e. The summed E-state index contributed by atoms with van der Waals surface area (Å²) in [5, 5.41) is 0. The van der Waals surface area contributed by atoms with E-state index in [-0.39, 0.29) is 0 Å². The number of fused-ring (bicyclic) bond motifs is 1. The Morgan fingerprint density at radius 2 is 2.42 bits per heavy atom. The Balaban J connectivity index is 1.90. The molecule has 1 aliphatic rings. The second-order valence-corrected chi connectivity index (χ2v) is 5.34. The topological polar surface area (TPSA) is 39.2 Å². The van der Waals surface area contributed by atoms with Crippen molar-refractivity contribution >= 4 is 23.3 Å². The van der Waals surface area contributed by atoms with E-state index in [1.54, 1.807) is 7.11 Å². The van der Waals surface area contributed by atoms with Crippen molar-refractivity contribution in [2.24, 2.45) is 5.92 Å². The molecule has 4 nitrogen and oxygen atoms in total. The maximum Gasteiger partial charge on any atom is 0.178 e. The summed E-state index contributed by atoms with van der Waals surface area (Å²) < 4.78 is 13.7. The first-order valence-corrected chi connectivity index (χ1v) is 7.03. The van der Waals surface area contributed by atoms with Crippen LogP contribution in [0.5, 0.6) is 5.75 Å². The molecule has 0 amide bonds. The van der Waals surface area contributed by atoms with E-state index in [1.165, 1.54) is 6.42 Å². The molecule has 1 fully saturated rings. The highest BCUT2D eigenvalue weighted by molar-refractivity contribution is 7.71. The molecule has 1 atom stereocenters. The fourth-order valence-corrected chi connectivity index (χ4v) is 2.96. The van der Waals surface area contributed by atoms with Crippen molar-refractivity contribution in [1.29, 1.82) is 0 Å². The molecule has 1 aromatic carbocycles. The molecular weight excluding hydrogens is 260 g/mol. The summed E-state index contributed by atoms with van der Waals surface area (Å²) in [6.45, 7) is 2.72. The lowest BCUT2D eigenvalue weighted by atomic mass is 10.1. The third kappa shape index (κ3) is 2.40. The van der Waals surface area contributed by atoms with Crippen LogP contribution in [0.2, 0.25) is 0 Å². The number of hydrogen-bond acceptors (Lipinski definition) is 3. The zero-order valence-corrected chi connectivity index (χ0v) is 11.8. The Kier molecular flexibility index (Phi) is 3.57. The molecule has 1 unspecified atom stereocenters. The monoisotopic (exact) mass is 278 g/mol. The SMILES string of the molecule is COc1cccc2c1[nH]c(=S)n2CCC1CCOC1. The first-order valence-electron chi connectivity index (χ1n) is 6.63. The van der Waals surface area contributed by atoms with Crippen LogP contribution in [0.1, 0.15) is 12.8 Å². The number of rotatable bonds is 4. The number of hydrogen-bond donors (Lipinski definition) is 1. The number of aromatic nitrogens is 2. The molecule has 1 saturated heterocycles. The minimum atomic E-state index is 0.664. The molecule has 1 N–H and O–H groups in total. The zero-order chi connectivity index (χ0) is 13.2. The molecular formula is C14H18N2O2S. The van der Waals surface area contributed by atoms with Gasteiger partial charge in [-0.05, 0) is 43.1 Å². The second kappa shape index (κ2) is 5.35. The van der Waals surface area contributed by atoms with Crippen LogP contribution >= 0.6 is 12.2 Å². The highest BCUT2D eigenvalue weighted by atomic mass is 32.1. The van der Waals surface area contributed by atoms with Crippen molar-refractivity contribution in [2.75, 3.05) is 20.3 Å². The fraction of sp³-hybridized carbons (Fsp3) is 0.500. The number of imidazole rings is 1. The third-order valence-corrected chi connectivity index (χ3v) is 4.10. The molecule has 0 bridgehead atoms. The Morgan fingerprint density at radius 3 is 3.16 bits per heavy atom. The standard InChI is InChI=1S/C14H18N2O2S/c1-17-12-4-2-3-11-13(12)15-14(19)16(11)7-5-10-6-8-18-9-10/h2-4,10H,5-9H2,1H3,(H,15,19).